The summed E-state index contributed by atoms with van der Waals surface area (Å²) >= 11 is 7.71. The monoisotopic (exact) mass is 397 g/mol. The van der Waals surface area contributed by atoms with Crippen LogP contribution in [0.5, 0.6) is 0 Å². The normalized spacial score (nSPS) is 11.3. The number of hydrogen-bond donors (Lipinski definition) is 1. The van der Waals surface area contributed by atoms with Crippen molar-refractivity contribution in [1.29, 1.82) is 0 Å². The fraction of sp³-hybridized carbons (Fsp3) is 0.238. The number of furan rings is 1. The number of nitrogens with one attached hydrogen (secondary N) is 1. The third-order valence-electron chi connectivity index (χ3n) is 4.73. The number of fused-ring (bicyclic) bond motifs is 1. The molecule has 4 aromatic rings. The Morgan fingerprint density at radius 2 is 1.93 bits per heavy atom. The third-order valence-corrected chi connectivity index (χ3v) is 6.10. The minimum absolute atomic E-state index is 0.570. The van der Waals surface area contributed by atoms with E-state index in [0.29, 0.717) is 6.54 Å². The van der Waals surface area contributed by atoms with Crippen LogP contribution < -0.4 is 5.32 Å². The summed E-state index contributed by atoms with van der Waals surface area (Å²) in [5, 5.41) is 5.25. The largest absolute Gasteiger partial charge is 0.464 e. The van der Waals surface area contributed by atoms with Crippen molar-refractivity contribution < 1.29 is 4.42 Å². The predicted octanol–water partition coefficient (Wildman–Crippen LogP) is 6.40. The van der Waals surface area contributed by atoms with Gasteiger partial charge < -0.3 is 9.73 Å². The van der Waals surface area contributed by atoms with E-state index in [4.69, 9.17) is 16.0 Å². The zero-order valence-corrected chi connectivity index (χ0v) is 17.0. The Kier molecular flexibility index (Phi) is 4.89. The van der Waals surface area contributed by atoms with Crippen molar-refractivity contribution in [3.63, 3.8) is 0 Å². The predicted molar refractivity (Wildman–Crippen MR) is 113 cm³/mol. The number of anilines is 1. The summed E-state index contributed by atoms with van der Waals surface area (Å²) in [5.74, 6) is 2.71. The molecule has 1 aromatic carbocycles. The van der Waals surface area contributed by atoms with Crippen molar-refractivity contribution in [2.75, 3.05) is 5.32 Å². The molecule has 0 fully saturated rings. The molecule has 0 saturated carbocycles. The highest BCUT2D eigenvalue weighted by atomic mass is 35.5. The molecule has 3 aromatic heterocycles. The van der Waals surface area contributed by atoms with Crippen LogP contribution in [0.4, 0.5) is 5.82 Å². The Labute approximate surface area is 167 Å². The molecule has 1 N–H and O–H groups in total. The second-order valence-electron chi connectivity index (χ2n) is 6.45. The molecule has 4 rings (SSSR count). The molecular formula is C21H20ClN3OS. The van der Waals surface area contributed by atoms with Crippen LogP contribution in [0.1, 0.15) is 28.9 Å². The number of aromatic nitrogens is 2. The molecule has 0 spiro atoms. The van der Waals surface area contributed by atoms with Crippen molar-refractivity contribution in [2.24, 2.45) is 0 Å². The molecule has 6 heteroatoms. The first kappa shape index (κ1) is 18.0. The number of thiophene rings is 1. The minimum Gasteiger partial charge on any atom is -0.464 e. The summed E-state index contributed by atoms with van der Waals surface area (Å²) in [6.07, 6.45) is 2.44. The lowest BCUT2D eigenvalue weighted by Crippen LogP contribution is -2.01. The Balaban J connectivity index is 1.62. The van der Waals surface area contributed by atoms with Crippen LogP contribution in [0.15, 0.2) is 41.1 Å². The average Bonchev–Trinajstić information content (AvgIpc) is 3.22. The van der Waals surface area contributed by atoms with Gasteiger partial charge in [0.15, 0.2) is 0 Å². The van der Waals surface area contributed by atoms with Crippen molar-refractivity contribution in [3.8, 4) is 11.1 Å². The highest BCUT2D eigenvalue weighted by Gasteiger charge is 2.14. The molecule has 0 unspecified atom stereocenters. The summed E-state index contributed by atoms with van der Waals surface area (Å²) in [4.78, 5) is 11.1. The maximum Gasteiger partial charge on any atom is 0.138 e. The quantitative estimate of drug-likeness (QED) is 0.423. The molecule has 138 valence electrons. The Bertz CT molecular complexity index is 1100. The second kappa shape index (κ2) is 7.33. The van der Waals surface area contributed by atoms with Crippen LogP contribution in [0.3, 0.4) is 0 Å². The fourth-order valence-corrected chi connectivity index (χ4v) is 4.32. The zero-order chi connectivity index (χ0) is 19.0. The van der Waals surface area contributed by atoms with Gasteiger partial charge in [-0.15, -0.1) is 11.3 Å². The van der Waals surface area contributed by atoms with Crippen LogP contribution in [-0.4, -0.2) is 9.97 Å². The Hall–Kier alpha value is -2.37. The van der Waals surface area contributed by atoms with Crippen molar-refractivity contribution in [2.45, 2.75) is 33.7 Å². The topological polar surface area (TPSA) is 51.0 Å². The van der Waals surface area contributed by atoms with E-state index in [1.807, 2.05) is 24.3 Å². The lowest BCUT2D eigenvalue weighted by molar-refractivity contribution is 0.476. The van der Waals surface area contributed by atoms with E-state index in [1.54, 1.807) is 17.7 Å². The molecule has 4 nitrogen and oxygen atoms in total. The Morgan fingerprint density at radius 1 is 1.15 bits per heavy atom. The number of rotatable bonds is 5. The SMILES string of the molecule is CCc1oc(CNc2ncnc3sc(C)c(C)c23)cc1-c1ccc(Cl)cc1. The van der Waals surface area contributed by atoms with Gasteiger partial charge in [-0.1, -0.05) is 30.7 Å². The molecule has 0 amide bonds. The highest BCUT2D eigenvalue weighted by Crippen LogP contribution is 2.33. The van der Waals surface area contributed by atoms with E-state index < -0.39 is 0 Å². The smallest absolute Gasteiger partial charge is 0.138 e. The number of aryl methyl sites for hydroxylation is 3. The summed E-state index contributed by atoms with van der Waals surface area (Å²) in [7, 11) is 0. The lowest BCUT2D eigenvalue weighted by Gasteiger charge is -2.05. The molecule has 0 atom stereocenters. The second-order valence-corrected chi connectivity index (χ2v) is 8.09. The minimum atomic E-state index is 0.570. The molecule has 0 radical (unpaired) electrons. The van der Waals surface area contributed by atoms with Gasteiger partial charge in [-0.2, -0.15) is 0 Å². The first-order valence-corrected chi connectivity index (χ1v) is 10.1. The number of benzene rings is 1. The van der Waals surface area contributed by atoms with E-state index >= 15 is 0 Å². The first-order chi connectivity index (χ1) is 13.1. The van der Waals surface area contributed by atoms with Crippen LogP contribution in [0.25, 0.3) is 21.3 Å². The maximum atomic E-state index is 6.08. The van der Waals surface area contributed by atoms with E-state index in [9.17, 15) is 0 Å². The number of halogens is 1. The molecule has 3 heterocycles. The summed E-state index contributed by atoms with van der Waals surface area (Å²) in [6, 6.07) is 9.95. The third kappa shape index (κ3) is 3.45. The molecule has 27 heavy (non-hydrogen) atoms. The van der Waals surface area contributed by atoms with Crippen LogP contribution >= 0.6 is 22.9 Å². The molecule has 0 aliphatic heterocycles. The van der Waals surface area contributed by atoms with Gasteiger partial charge >= 0.3 is 0 Å². The van der Waals surface area contributed by atoms with Gasteiger partial charge in [0, 0.05) is 21.9 Å². The molecule has 0 aliphatic rings. The highest BCUT2D eigenvalue weighted by molar-refractivity contribution is 7.18. The van der Waals surface area contributed by atoms with Crippen molar-refractivity contribution >= 4 is 39.0 Å². The molecular weight excluding hydrogens is 378 g/mol. The standard InChI is InChI=1S/C21H20ClN3OS/c1-4-18-17(14-5-7-15(22)8-6-14)9-16(26-18)10-23-20-19-12(2)13(3)27-21(19)25-11-24-20/h5-9,11H,4,10H2,1-3H3,(H,23,24,25). The number of nitrogens with zero attached hydrogens (tertiary/aromatic N) is 2. The van der Waals surface area contributed by atoms with Crippen LogP contribution in [0, 0.1) is 13.8 Å². The summed E-state index contributed by atoms with van der Waals surface area (Å²) in [6.45, 7) is 6.90. The van der Waals surface area contributed by atoms with Gasteiger partial charge in [-0.3, -0.25) is 0 Å². The van der Waals surface area contributed by atoms with E-state index in [-0.39, 0.29) is 0 Å². The van der Waals surface area contributed by atoms with Crippen molar-refractivity contribution in [3.05, 3.63) is 63.6 Å². The van der Waals surface area contributed by atoms with Crippen LogP contribution in [0.2, 0.25) is 5.02 Å². The molecule has 0 saturated heterocycles. The van der Waals surface area contributed by atoms with Gasteiger partial charge in [0.25, 0.3) is 0 Å². The van der Waals surface area contributed by atoms with Gasteiger partial charge in [0.2, 0.25) is 0 Å². The van der Waals surface area contributed by atoms with Gasteiger partial charge in [-0.05, 0) is 43.2 Å². The summed E-state index contributed by atoms with van der Waals surface area (Å²) in [5.41, 5.74) is 3.45. The van der Waals surface area contributed by atoms with Gasteiger partial charge in [-0.25, -0.2) is 9.97 Å². The number of hydrogen-bond acceptors (Lipinski definition) is 5. The molecule has 0 aliphatic carbocycles. The molecule has 0 bridgehead atoms. The van der Waals surface area contributed by atoms with E-state index in [1.165, 1.54) is 10.4 Å². The van der Waals surface area contributed by atoms with Gasteiger partial charge in [0.1, 0.15) is 28.5 Å². The lowest BCUT2D eigenvalue weighted by atomic mass is 10.1. The van der Waals surface area contributed by atoms with Crippen molar-refractivity contribution in [1.82, 2.24) is 9.97 Å². The fourth-order valence-electron chi connectivity index (χ4n) is 3.19. The first-order valence-electron chi connectivity index (χ1n) is 8.89. The van der Waals surface area contributed by atoms with Crippen LogP contribution in [-0.2, 0) is 13.0 Å². The van der Waals surface area contributed by atoms with Gasteiger partial charge in [0.05, 0.1) is 11.9 Å². The summed E-state index contributed by atoms with van der Waals surface area (Å²) < 4.78 is 6.08. The average molecular weight is 398 g/mol. The Morgan fingerprint density at radius 3 is 2.67 bits per heavy atom. The zero-order valence-electron chi connectivity index (χ0n) is 15.5. The maximum absolute atomic E-state index is 6.08. The van der Waals surface area contributed by atoms with E-state index in [2.05, 4.69) is 42.1 Å². The van der Waals surface area contributed by atoms with E-state index in [0.717, 1.165) is 50.1 Å².